The van der Waals surface area contributed by atoms with Gasteiger partial charge in [0.15, 0.2) is 23.0 Å². The third-order valence-electron chi connectivity index (χ3n) is 5.31. The van der Waals surface area contributed by atoms with Gasteiger partial charge in [0.1, 0.15) is 5.69 Å². The van der Waals surface area contributed by atoms with Crippen molar-refractivity contribution in [1.82, 2.24) is 25.3 Å². The van der Waals surface area contributed by atoms with Crippen LogP contribution in [0.5, 0.6) is 11.5 Å². The van der Waals surface area contributed by atoms with E-state index in [0.29, 0.717) is 54.9 Å². The minimum atomic E-state index is -4.53. The quantitative estimate of drug-likeness (QED) is 0.661. The number of amides is 1. The molecule has 1 N–H and O–H groups in total. The number of aromatic nitrogens is 4. The van der Waals surface area contributed by atoms with Gasteiger partial charge in [-0.15, -0.1) is 10.2 Å². The van der Waals surface area contributed by atoms with Crippen molar-refractivity contribution in [1.29, 1.82) is 0 Å². The van der Waals surface area contributed by atoms with Gasteiger partial charge >= 0.3 is 6.18 Å². The van der Waals surface area contributed by atoms with Crippen molar-refractivity contribution < 1.29 is 27.4 Å². The lowest BCUT2D eigenvalue weighted by molar-refractivity contribution is -0.141. The number of carbonyl (C=O) groups excluding carboxylic acids is 1. The molecule has 9 nitrogen and oxygen atoms in total. The summed E-state index contributed by atoms with van der Waals surface area (Å²) in [6.45, 7) is 1.80. The number of benzene rings is 1. The molecule has 1 saturated heterocycles. The summed E-state index contributed by atoms with van der Waals surface area (Å²) in [4.78, 5) is 16.3. The number of carbonyl (C=O) groups is 1. The first-order chi connectivity index (χ1) is 15.4. The molecule has 0 bridgehead atoms. The van der Waals surface area contributed by atoms with Crippen molar-refractivity contribution in [2.75, 3.05) is 37.9 Å². The average molecular weight is 446 g/mol. The van der Waals surface area contributed by atoms with E-state index in [4.69, 9.17) is 9.47 Å². The summed E-state index contributed by atoms with van der Waals surface area (Å²) in [5.41, 5.74) is 0.702. The number of anilines is 1. The molecule has 2 aliphatic heterocycles. The number of ether oxygens (including phenoxy) is 2. The van der Waals surface area contributed by atoms with Gasteiger partial charge in [-0.25, -0.2) is 0 Å². The standard InChI is InChI=1S/C20H17F3N6O3/c21-20(22,23)17-3-4-18(27-26-17)28-5-7-29(8-6-28)19(30)14-10-13(24-25-14)12-1-2-15-16(9-12)32-11-31-15/h1-4,9-10H,5-8,11H2,(H,24,25). The molecule has 4 heterocycles. The van der Waals surface area contributed by atoms with Crippen molar-refractivity contribution in [2.45, 2.75) is 6.18 Å². The highest BCUT2D eigenvalue weighted by Gasteiger charge is 2.33. The maximum Gasteiger partial charge on any atom is 0.435 e. The number of halogens is 3. The Morgan fingerprint density at radius 3 is 2.47 bits per heavy atom. The van der Waals surface area contributed by atoms with Crippen LogP contribution in [0.4, 0.5) is 19.0 Å². The number of nitrogens with one attached hydrogen (secondary N) is 1. The summed E-state index contributed by atoms with van der Waals surface area (Å²) in [5.74, 6) is 1.43. The third kappa shape index (κ3) is 3.79. The molecule has 166 valence electrons. The minimum absolute atomic E-state index is 0.174. The minimum Gasteiger partial charge on any atom is -0.454 e. The van der Waals surface area contributed by atoms with E-state index < -0.39 is 11.9 Å². The zero-order valence-corrected chi connectivity index (χ0v) is 16.6. The molecule has 2 aliphatic rings. The number of hydrogen-bond acceptors (Lipinski definition) is 7. The monoisotopic (exact) mass is 446 g/mol. The lowest BCUT2D eigenvalue weighted by atomic mass is 10.1. The lowest BCUT2D eigenvalue weighted by Crippen LogP contribution is -2.49. The number of hydrogen-bond donors (Lipinski definition) is 1. The summed E-state index contributed by atoms with van der Waals surface area (Å²) in [6, 6.07) is 9.30. The molecule has 5 rings (SSSR count). The number of aromatic amines is 1. The van der Waals surface area contributed by atoms with E-state index in [0.717, 1.165) is 11.6 Å². The highest BCUT2D eigenvalue weighted by atomic mass is 19.4. The molecule has 32 heavy (non-hydrogen) atoms. The molecule has 0 radical (unpaired) electrons. The third-order valence-corrected chi connectivity index (χ3v) is 5.31. The summed E-state index contributed by atoms with van der Waals surface area (Å²) >= 11 is 0. The molecule has 0 aliphatic carbocycles. The first-order valence-corrected chi connectivity index (χ1v) is 9.79. The van der Waals surface area contributed by atoms with Gasteiger partial charge in [0.25, 0.3) is 5.91 Å². The largest absolute Gasteiger partial charge is 0.454 e. The zero-order valence-electron chi connectivity index (χ0n) is 16.6. The lowest BCUT2D eigenvalue weighted by Gasteiger charge is -2.34. The van der Waals surface area contributed by atoms with Gasteiger partial charge < -0.3 is 19.3 Å². The Bertz CT molecular complexity index is 1140. The number of nitrogens with zero attached hydrogens (tertiary/aromatic N) is 5. The van der Waals surface area contributed by atoms with Crippen LogP contribution in [-0.2, 0) is 6.18 Å². The van der Waals surface area contributed by atoms with Crippen molar-refractivity contribution in [3.05, 3.63) is 47.8 Å². The van der Waals surface area contributed by atoms with E-state index in [2.05, 4.69) is 20.4 Å². The van der Waals surface area contributed by atoms with Crippen LogP contribution in [0.3, 0.4) is 0 Å². The van der Waals surface area contributed by atoms with E-state index >= 15 is 0 Å². The van der Waals surface area contributed by atoms with Crippen molar-refractivity contribution in [2.24, 2.45) is 0 Å². The van der Waals surface area contributed by atoms with Crippen LogP contribution in [0.25, 0.3) is 11.3 Å². The van der Waals surface area contributed by atoms with Crippen LogP contribution in [-0.4, -0.2) is 64.2 Å². The number of fused-ring (bicyclic) bond motifs is 1. The van der Waals surface area contributed by atoms with E-state index in [1.54, 1.807) is 28.0 Å². The van der Waals surface area contributed by atoms with Crippen LogP contribution in [0, 0.1) is 0 Å². The predicted octanol–water partition coefficient (Wildman–Crippen LogP) is 2.58. The fraction of sp³-hybridized carbons (Fsp3) is 0.300. The molecule has 0 spiro atoms. The number of piperazine rings is 1. The summed E-state index contributed by atoms with van der Waals surface area (Å²) in [5, 5.41) is 13.9. The molecule has 0 atom stereocenters. The van der Waals surface area contributed by atoms with Crippen LogP contribution in [0.2, 0.25) is 0 Å². The summed E-state index contributed by atoms with van der Waals surface area (Å²) < 4.78 is 48.6. The molecule has 12 heteroatoms. The van der Waals surface area contributed by atoms with Crippen molar-refractivity contribution in [3.63, 3.8) is 0 Å². The Morgan fingerprint density at radius 2 is 1.75 bits per heavy atom. The van der Waals surface area contributed by atoms with Gasteiger partial charge in [-0.1, -0.05) is 0 Å². The second kappa shape index (κ2) is 7.70. The van der Waals surface area contributed by atoms with E-state index in [9.17, 15) is 18.0 Å². The molecule has 3 aromatic rings. The predicted molar refractivity (Wildman–Crippen MR) is 105 cm³/mol. The molecule has 1 amide bonds. The average Bonchev–Trinajstić information content (AvgIpc) is 3.47. The molecule has 0 unspecified atom stereocenters. The molecule has 2 aromatic heterocycles. The van der Waals surface area contributed by atoms with Gasteiger partial charge in [0.05, 0.1) is 5.69 Å². The van der Waals surface area contributed by atoms with Gasteiger partial charge in [-0.3, -0.25) is 9.89 Å². The number of alkyl halides is 3. The second-order valence-electron chi connectivity index (χ2n) is 7.29. The maximum atomic E-state index is 12.9. The van der Waals surface area contributed by atoms with Crippen LogP contribution in [0.15, 0.2) is 36.4 Å². The normalized spacial score (nSPS) is 15.8. The van der Waals surface area contributed by atoms with Gasteiger partial charge in [-0.2, -0.15) is 18.3 Å². The van der Waals surface area contributed by atoms with Crippen LogP contribution >= 0.6 is 0 Å². The fourth-order valence-corrected chi connectivity index (χ4v) is 3.59. The van der Waals surface area contributed by atoms with E-state index in [-0.39, 0.29) is 12.7 Å². The summed E-state index contributed by atoms with van der Waals surface area (Å²) in [7, 11) is 0. The first-order valence-electron chi connectivity index (χ1n) is 9.79. The Morgan fingerprint density at radius 1 is 0.969 bits per heavy atom. The molecule has 1 aromatic carbocycles. The Labute approximate surface area is 179 Å². The second-order valence-corrected chi connectivity index (χ2v) is 7.29. The zero-order chi connectivity index (χ0) is 22.3. The van der Waals surface area contributed by atoms with Crippen LogP contribution < -0.4 is 14.4 Å². The van der Waals surface area contributed by atoms with E-state index in [1.165, 1.54) is 6.07 Å². The molecule has 0 saturated carbocycles. The molecular formula is C20H17F3N6O3. The Balaban J connectivity index is 1.22. The Hall–Kier alpha value is -3.83. The maximum absolute atomic E-state index is 12.9. The van der Waals surface area contributed by atoms with Crippen LogP contribution in [0.1, 0.15) is 16.2 Å². The smallest absolute Gasteiger partial charge is 0.435 e. The molecule has 1 fully saturated rings. The van der Waals surface area contributed by atoms with E-state index in [1.807, 2.05) is 6.07 Å². The van der Waals surface area contributed by atoms with Crippen molar-refractivity contribution in [3.8, 4) is 22.8 Å². The molecular weight excluding hydrogens is 429 g/mol. The first kappa shape index (κ1) is 20.1. The van der Waals surface area contributed by atoms with Gasteiger partial charge in [0.2, 0.25) is 6.79 Å². The van der Waals surface area contributed by atoms with Crippen molar-refractivity contribution >= 4 is 11.7 Å². The van der Waals surface area contributed by atoms with Gasteiger partial charge in [0, 0.05) is 31.7 Å². The topological polar surface area (TPSA) is 96.5 Å². The number of H-pyrrole nitrogens is 1. The fourth-order valence-electron chi connectivity index (χ4n) is 3.59. The SMILES string of the molecule is O=C(c1cc(-c2ccc3c(c2)OCO3)n[nH]1)N1CCN(c2ccc(C(F)(F)F)nn2)CC1. The summed E-state index contributed by atoms with van der Waals surface area (Å²) in [6.07, 6.45) is -4.53. The highest BCUT2D eigenvalue weighted by Crippen LogP contribution is 2.35. The number of rotatable bonds is 3. The highest BCUT2D eigenvalue weighted by molar-refractivity contribution is 5.93. The van der Waals surface area contributed by atoms with Gasteiger partial charge in [-0.05, 0) is 36.4 Å². The Kier molecular flexibility index (Phi) is 4.83.